The number of nitrogens with one attached hydrogen (secondary N) is 1. The molecule has 0 aliphatic heterocycles. The second kappa shape index (κ2) is 6.65. The molecule has 3 nitrogen and oxygen atoms in total. The van der Waals surface area contributed by atoms with Crippen LogP contribution in [0.25, 0.3) is 11.0 Å². The molecular weight excluding hydrogens is 310 g/mol. The van der Waals surface area contributed by atoms with Crippen molar-refractivity contribution in [3.05, 3.63) is 108 Å². The number of furan rings is 1. The summed E-state index contributed by atoms with van der Waals surface area (Å²) in [4.78, 5) is 12.7. The number of rotatable bonds is 4. The molecule has 0 saturated heterocycles. The predicted octanol–water partition coefficient (Wildman–Crippen LogP) is 4.95. The molecule has 1 amide bonds. The molecule has 1 N–H and O–H groups in total. The highest BCUT2D eigenvalue weighted by molar-refractivity contribution is 5.94. The van der Waals surface area contributed by atoms with E-state index in [4.69, 9.17) is 4.42 Å². The maximum absolute atomic E-state index is 12.7. The minimum absolute atomic E-state index is 0.130. The fourth-order valence-corrected chi connectivity index (χ4v) is 2.91. The molecule has 1 atom stereocenters. The van der Waals surface area contributed by atoms with Crippen molar-refractivity contribution in [3.8, 4) is 0 Å². The Morgan fingerprint density at radius 2 is 1.44 bits per heavy atom. The van der Waals surface area contributed by atoms with E-state index in [1.54, 1.807) is 12.1 Å². The second-order valence-electron chi connectivity index (χ2n) is 5.87. The van der Waals surface area contributed by atoms with Crippen LogP contribution in [0.15, 0.2) is 95.4 Å². The first-order valence-corrected chi connectivity index (χ1v) is 8.20. The number of benzene rings is 3. The molecule has 4 rings (SSSR count). The summed E-state index contributed by atoms with van der Waals surface area (Å²) in [5.41, 5.74) is 2.41. The Hall–Kier alpha value is -3.33. The van der Waals surface area contributed by atoms with Gasteiger partial charge in [-0.25, -0.2) is 0 Å². The lowest BCUT2D eigenvalue weighted by molar-refractivity contribution is 0.0939. The topological polar surface area (TPSA) is 42.2 Å². The van der Waals surface area contributed by atoms with Gasteiger partial charge in [-0.05, 0) is 29.8 Å². The number of para-hydroxylation sites is 1. The average molecular weight is 327 g/mol. The Morgan fingerprint density at radius 3 is 2.16 bits per heavy atom. The molecule has 0 spiro atoms. The number of carbonyl (C=O) groups excluding carboxylic acids is 1. The van der Waals surface area contributed by atoms with Crippen LogP contribution in [0.2, 0.25) is 0 Å². The first-order chi connectivity index (χ1) is 12.3. The summed E-state index contributed by atoms with van der Waals surface area (Å²) in [6.07, 6.45) is 0. The van der Waals surface area contributed by atoms with Crippen LogP contribution in [-0.4, -0.2) is 5.91 Å². The van der Waals surface area contributed by atoms with Gasteiger partial charge in [-0.15, -0.1) is 0 Å². The maximum atomic E-state index is 12.7. The first kappa shape index (κ1) is 15.2. The van der Waals surface area contributed by atoms with Gasteiger partial charge in [-0.3, -0.25) is 4.79 Å². The van der Waals surface area contributed by atoms with E-state index in [1.165, 1.54) is 0 Å². The summed E-state index contributed by atoms with van der Waals surface area (Å²) >= 11 is 0. The predicted molar refractivity (Wildman–Crippen MR) is 98.4 cm³/mol. The monoisotopic (exact) mass is 327 g/mol. The van der Waals surface area contributed by atoms with Crippen molar-refractivity contribution in [2.45, 2.75) is 6.04 Å². The molecule has 3 heteroatoms. The van der Waals surface area contributed by atoms with Gasteiger partial charge in [0, 0.05) is 10.9 Å². The largest absolute Gasteiger partial charge is 0.459 e. The molecule has 3 aromatic carbocycles. The number of hydrogen-bond donors (Lipinski definition) is 1. The van der Waals surface area contributed by atoms with E-state index in [-0.39, 0.29) is 11.9 Å². The molecule has 0 bridgehead atoms. The summed E-state index contributed by atoms with van der Waals surface area (Å²) in [5.74, 6) is 0.589. The van der Waals surface area contributed by atoms with E-state index >= 15 is 0 Å². The van der Waals surface area contributed by atoms with Crippen molar-refractivity contribution in [3.63, 3.8) is 0 Å². The van der Waals surface area contributed by atoms with Crippen LogP contribution in [0.3, 0.4) is 0 Å². The van der Waals surface area contributed by atoms with Crippen molar-refractivity contribution in [2.24, 2.45) is 0 Å². The Kier molecular flexibility index (Phi) is 4.05. The van der Waals surface area contributed by atoms with Gasteiger partial charge in [0.25, 0.3) is 5.91 Å². The van der Waals surface area contributed by atoms with Crippen LogP contribution in [0.5, 0.6) is 0 Å². The van der Waals surface area contributed by atoms with Gasteiger partial charge in [0.2, 0.25) is 0 Å². The fourth-order valence-electron chi connectivity index (χ4n) is 2.91. The minimum atomic E-state index is -0.346. The lowest BCUT2D eigenvalue weighted by atomic mass is 10.0. The van der Waals surface area contributed by atoms with E-state index in [9.17, 15) is 4.79 Å². The molecule has 4 aromatic rings. The third-order valence-electron chi connectivity index (χ3n) is 4.17. The summed E-state index contributed by atoms with van der Waals surface area (Å²) < 4.78 is 6.01. The molecule has 0 saturated carbocycles. The second-order valence-corrected chi connectivity index (χ2v) is 5.87. The minimum Gasteiger partial charge on any atom is -0.459 e. The van der Waals surface area contributed by atoms with Gasteiger partial charge < -0.3 is 9.73 Å². The molecule has 1 aromatic heterocycles. The maximum Gasteiger partial charge on any atom is 0.252 e. The van der Waals surface area contributed by atoms with Gasteiger partial charge in [0.05, 0.1) is 0 Å². The highest BCUT2D eigenvalue weighted by atomic mass is 16.3. The van der Waals surface area contributed by atoms with Crippen molar-refractivity contribution < 1.29 is 9.21 Å². The standard InChI is InChI=1S/C22H17NO2/c24-22(17-11-5-2-6-12-17)23-21(16-9-3-1-4-10-16)20-15-18-13-7-8-14-19(18)25-20/h1-15,21H,(H,23,24). The van der Waals surface area contributed by atoms with E-state index < -0.39 is 0 Å². The molecule has 0 aliphatic carbocycles. The van der Waals surface area contributed by atoms with Crippen LogP contribution in [0.4, 0.5) is 0 Å². The van der Waals surface area contributed by atoms with Crippen molar-refractivity contribution in [2.75, 3.05) is 0 Å². The van der Waals surface area contributed by atoms with Crippen LogP contribution in [0.1, 0.15) is 27.7 Å². The molecule has 1 heterocycles. The Labute approximate surface area is 145 Å². The smallest absolute Gasteiger partial charge is 0.252 e. The summed E-state index contributed by atoms with van der Waals surface area (Å²) in [6.45, 7) is 0. The molecule has 0 radical (unpaired) electrons. The van der Waals surface area contributed by atoms with Crippen molar-refractivity contribution in [1.29, 1.82) is 0 Å². The third-order valence-corrected chi connectivity index (χ3v) is 4.17. The van der Waals surface area contributed by atoms with Crippen LogP contribution < -0.4 is 5.32 Å². The van der Waals surface area contributed by atoms with Gasteiger partial charge in [-0.2, -0.15) is 0 Å². The van der Waals surface area contributed by atoms with E-state index in [2.05, 4.69) is 5.32 Å². The molecule has 0 fully saturated rings. The average Bonchev–Trinajstić information content (AvgIpc) is 3.11. The molecule has 122 valence electrons. The normalized spacial score (nSPS) is 12.0. The Morgan fingerprint density at radius 1 is 0.800 bits per heavy atom. The van der Waals surface area contributed by atoms with Gasteiger partial charge in [-0.1, -0.05) is 66.7 Å². The highest BCUT2D eigenvalue weighted by Gasteiger charge is 2.21. The Balaban J connectivity index is 1.73. The zero-order valence-corrected chi connectivity index (χ0v) is 13.6. The quantitative estimate of drug-likeness (QED) is 0.576. The number of carbonyl (C=O) groups is 1. The molecular formula is C22H17NO2. The Bertz CT molecular complexity index is 957. The summed E-state index contributed by atoms with van der Waals surface area (Å²) in [7, 11) is 0. The summed E-state index contributed by atoms with van der Waals surface area (Å²) in [6, 6.07) is 28.5. The van der Waals surface area contributed by atoms with E-state index in [1.807, 2.05) is 78.9 Å². The third kappa shape index (κ3) is 3.17. The zero-order chi connectivity index (χ0) is 17.1. The number of fused-ring (bicyclic) bond motifs is 1. The SMILES string of the molecule is O=C(NC(c1ccccc1)c1cc2ccccc2o1)c1ccccc1. The van der Waals surface area contributed by atoms with Crippen molar-refractivity contribution >= 4 is 16.9 Å². The summed E-state index contributed by atoms with van der Waals surface area (Å²) in [5, 5.41) is 4.11. The fraction of sp³-hybridized carbons (Fsp3) is 0.0455. The van der Waals surface area contributed by atoms with Crippen LogP contribution in [-0.2, 0) is 0 Å². The van der Waals surface area contributed by atoms with Gasteiger partial charge >= 0.3 is 0 Å². The first-order valence-electron chi connectivity index (χ1n) is 8.20. The van der Waals surface area contributed by atoms with Crippen LogP contribution >= 0.6 is 0 Å². The molecule has 1 unspecified atom stereocenters. The molecule has 0 aliphatic rings. The number of hydrogen-bond acceptors (Lipinski definition) is 2. The lowest BCUT2D eigenvalue weighted by Crippen LogP contribution is -2.29. The van der Waals surface area contributed by atoms with Crippen molar-refractivity contribution in [1.82, 2.24) is 5.32 Å². The van der Waals surface area contributed by atoms with Gasteiger partial charge in [0.15, 0.2) is 0 Å². The van der Waals surface area contributed by atoms with E-state index in [0.717, 1.165) is 22.3 Å². The lowest BCUT2D eigenvalue weighted by Gasteiger charge is -2.17. The van der Waals surface area contributed by atoms with Gasteiger partial charge in [0.1, 0.15) is 17.4 Å². The highest BCUT2D eigenvalue weighted by Crippen LogP contribution is 2.28. The van der Waals surface area contributed by atoms with Crippen LogP contribution in [0, 0.1) is 0 Å². The molecule has 25 heavy (non-hydrogen) atoms. The number of amides is 1. The van der Waals surface area contributed by atoms with E-state index in [0.29, 0.717) is 5.56 Å². The zero-order valence-electron chi connectivity index (χ0n) is 13.6.